The second kappa shape index (κ2) is 8.94. The van der Waals surface area contributed by atoms with Gasteiger partial charge in [0, 0.05) is 11.0 Å². The van der Waals surface area contributed by atoms with Gasteiger partial charge in [-0.2, -0.15) is 4.68 Å². The third kappa shape index (κ3) is 3.62. The summed E-state index contributed by atoms with van der Waals surface area (Å²) in [5, 5.41) is 2.61. The Labute approximate surface area is 226 Å². The molecule has 1 aliphatic heterocycles. The zero-order valence-corrected chi connectivity index (χ0v) is 22.0. The van der Waals surface area contributed by atoms with Gasteiger partial charge in [-0.3, -0.25) is 4.79 Å². The molecule has 0 fully saturated rings. The van der Waals surface area contributed by atoms with Crippen LogP contribution < -0.4 is 22.8 Å². The normalized spacial score (nSPS) is 16.4. The van der Waals surface area contributed by atoms with Gasteiger partial charge in [0.05, 0.1) is 17.1 Å². The van der Waals surface area contributed by atoms with Crippen molar-refractivity contribution in [1.82, 2.24) is 28.3 Å². The maximum atomic E-state index is 14.2. The van der Waals surface area contributed by atoms with Gasteiger partial charge in [0.25, 0.3) is 0 Å². The van der Waals surface area contributed by atoms with E-state index in [4.69, 9.17) is 0 Å². The molecule has 0 saturated heterocycles. The van der Waals surface area contributed by atoms with Crippen LogP contribution in [0.1, 0.15) is 38.4 Å². The number of carbonyl (C=O) groups is 1. The van der Waals surface area contributed by atoms with Gasteiger partial charge in [-0.05, 0) is 30.3 Å². The van der Waals surface area contributed by atoms with Gasteiger partial charge in [-0.25, -0.2) is 42.8 Å². The van der Waals surface area contributed by atoms with Crippen LogP contribution in [0.3, 0.4) is 0 Å². The molecule has 2 atom stereocenters. The molecule has 1 N–H and O–H groups in total. The van der Waals surface area contributed by atoms with E-state index in [1.54, 1.807) is 106 Å². The van der Waals surface area contributed by atoms with Crippen LogP contribution >= 0.6 is 0 Å². The molecule has 3 heterocycles. The SMILES string of the molecule is CC(C)(C)C(=O)C1C(n2[nH]c(=O)n(-c3ccccc3)c2=O)c2ccccc2-n2c(=O)n(-c3ccccc3)c(=O)n21. The van der Waals surface area contributed by atoms with E-state index in [1.165, 1.54) is 4.68 Å². The number of para-hydroxylation sites is 3. The Morgan fingerprint density at radius 1 is 0.700 bits per heavy atom. The summed E-state index contributed by atoms with van der Waals surface area (Å²) in [5.74, 6) is -0.395. The van der Waals surface area contributed by atoms with E-state index in [2.05, 4.69) is 5.10 Å². The summed E-state index contributed by atoms with van der Waals surface area (Å²) in [6.07, 6.45) is 0. The quantitative estimate of drug-likeness (QED) is 0.376. The number of fused-ring (bicyclic) bond motifs is 3. The number of hydrogen-bond donors (Lipinski definition) is 1. The Kier molecular flexibility index (Phi) is 5.61. The van der Waals surface area contributed by atoms with Crippen molar-refractivity contribution in [2.24, 2.45) is 5.41 Å². The summed E-state index contributed by atoms with van der Waals surface area (Å²) in [6, 6.07) is 21.1. The zero-order chi connectivity index (χ0) is 28.3. The molecule has 0 aliphatic carbocycles. The number of carbonyl (C=O) groups excluding carboxylic acids is 1. The number of rotatable bonds is 4. The van der Waals surface area contributed by atoms with Crippen LogP contribution in [0.15, 0.2) is 104 Å². The van der Waals surface area contributed by atoms with E-state index in [0.717, 1.165) is 18.5 Å². The van der Waals surface area contributed by atoms with Crippen LogP contribution in [0.25, 0.3) is 17.1 Å². The first-order valence-electron chi connectivity index (χ1n) is 12.8. The van der Waals surface area contributed by atoms with Crippen LogP contribution in [0.2, 0.25) is 0 Å². The topological polar surface area (TPSA) is 126 Å². The lowest BCUT2D eigenvalue weighted by Crippen LogP contribution is -2.48. The fourth-order valence-electron chi connectivity index (χ4n) is 5.32. The first kappa shape index (κ1) is 25.1. The van der Waals surface area contributed by atoms with Crippen LogP contribution in [-0.4, -0.2) is 34.1 Å². The number of nitrogens with zero attached hydrogens (tertiary/aromatic N) is 5. The number of Topliss-reactive ketones (excluding diaryl/α,β-unsaturated/α-hetero) is 1. The summed E-state index contributed by atoms with van der Waals surface area (Å²) in [6.45, 7) is 5.11. The van der Waals surface area contributed by atoms with Gasteiger partial charge >= 0.3 is 22.8 Å². The number of aromatic amines is 1. The lowest BCUT2D eigenvalue weighted by molar-refractivity contribution is -0.131. The van der Waals surface area contributed by atoms with Crippen molar-refractivity contribution in [1.29, 1.82) is 0 Å². The molecule has 6 rings (SSSR count). The molecule has 2 aromatic heterocycles. The smallest absolute Gasteiger partial charge is 0.297 e. The van der Waals surface area contributed by atoms with E-state index in [1.807, 2.05) is 0 Å². The highest BCUT2D eigenvalue weighted by Gasteiger charge is 2.47. The van der Waals surface area contributed by atoms with Crippen molar-refractivity contribution in [2.45, 2.75) is 32.9 Å². The predicted molar refractivity (Wildman–Crippen MR) is 148 cm³/mol. The van der Waals surface area contributed by atoms with E-state index in [9.17, 15) is 24.0 Å². The summed E-state index contributed by atoms with van der Waals surface area (Å²) >= 11 is 0. The van der Waals surface area contributed by atoms with Crippen LogP contribution in [0.4, 0.5) is 0 Å². The van der Waals surface area contributed by atoms with Gasteiger partial charge in [-0.15, -0.1) is 0 Å². The van der Waals surface area contributed by atoms with E-state index < -0.39 is 46.0 Å². The highest BCUT2D eigenvalue weighted by molar-refractivity contribution is 5.88. The Hall–Kier alpha value is -5.19. The molecule has 0 bridgehead atoms. The standard InChI is InChI=1S/C29H26N6O5/c1-29(2,3)24(36)23-22(33-26(38)31(25(37)30-33)18-12-6-4-7-13-18)20-16-10-11-17-21(20)34-27(39)32(28(40)35(23)34)19-14-8-5-9-15-19/h4-17,22-23H,1-3H3,(H,30,37). The Morgan fingerprint density at radius 2 is 1.25 bits per heavy atom. The minimum absolute atomic E-state index is 0.322. The lowest BCUT2D eigenvalue weighted by atomic mass is 9.81. The van der Waals surface area contributed by atoms with Crippen molar-refractivity contribution >= 4 is 5.78 Å². The lowest BCUT2D eigenvalue weighted by Gasteiger charge is -2.36. The molecule has 0 amide bonds. The minimum Gasteiger partial charge on any atom is -0.297 e. The monoisotopic (exact) mass is 538 g/mol. The number of hydrogen-bond acceptors (Lipinski definition) is 5. The van der Waals surface area contributed by atoms with Crippen LogP contribution in [0, 0.1) is 5.41 Å². The first-order chi connectivity index (χ1) is 19.1. The molecule has 1 aliphatic rings. The molecule has 0 spiro atoms. The molecule has 0 radical (unpaired) electrons. The summed E-state index contributed by atoms with van der Waals surface area (Å²) in [7, 11) is 0. The van der Waals surface area contributed by atoms with E-state index in [0.29, 0.717) is 22.6 Å². The third-order valence-corrected chi connectivity index (χ3v) is 7.15. The van der Waals surface area contributed by atoms with E-state index in [-0.39, 0.29) is 0 Å². The molecule has 11 nitrogen and oxygen atoms in total. The Balaban J connectivity index is 1.71. The molecular weight excluding hydrogens is 512 g/mol. The zero-order valence-electron chi connectivity index (χ0n) is 22.0. The van der Waals surface area contributed by atoms with Gasteiger partial charge in [0.2, 0.25) is 0 Å². The minimum atomic E-state index is -1.33. The van der Waals surface area contributed by atoms with Gasteiger partial charge in [0.1, 0.15) is 12.1 Å². The highest BCUT2D eigenvalue weighted by Crippen LogP contribution is 2.40. The summed E-state index contributed by atoms with van der Waals surface area (Å²) in [4.78, 5) is 69.0. The molecule has 0 saturated carbocycles. The summed E-state index contributed by atoms with van der Waals surface area (Å²) in [5.41, 5.74) is -2.35. The molecule has 202 valence electrons. The fraction of sp³-hybridized carbons (Fsp3) is 0.207. The largest absolute Gasteiger partial charge is 0.356 e. The number of ketones is 1. The maximum Gasteiger partial charge on any atom is 0.356 e. The Morgan fingerprint density at radius 3 is 1.85 bits per heavy atom. The van der Waals surface area contributed by atoms with Crippen LogP contribution in [0.5, 0.6) is 0 Å². The fourth-order valence-corrected chi connectivity index (χ4v) is 5.32. The average molecular weight is 539 g/mol. The number of benzene rings is 3. The molecule has 2 unspecified atom stereocenters. The summed E-state index contributed by atoms with van der Waals surface area (Å²) < 4.78 is 5.36. The van der Waals surface area contributed by atoms with Crippen molar-refractivity contribution < 1.29 is 4.79 Å². The Bertz CT molecular complexity index is 2000. The van der Waals surface area contributed by atoms with E-state index >= 15 is 0 Å². The molecule has 11 heteroatoms. The number of nitrogens with one attached hydrogen (secondary N) is 1. The molecular formula is C29H26N6O5. The third-order valence-electron chi connectivity index (χ3n) is 7.15. The van der Waals surface area contributed by atoms with Crippen molar-refractivity contribution in [3.8, 4) is 17.1 Å². The number of aromatic nitrogens is 6. The maximum absolute atomic E-state index is 14.2. The number of H-pyrrole nitrogens is 1. The van der Waals surface area contributed by atoms with Crippen LogP contribution in [-0.2, 0) is 4.79 Å². The average Bonchev–Trinajstić information content (AvgIpc) is 3.38. The van der Waals surface area contributed by atoms with Gasteiger partial charge < -0.3 is 0 Å². The predicted octanol–water partition coefficient (Wildman–Crippen LogP) is 2.19. The van der Waals surface area contributed by atoms with Crippen molar-refractivity contribution in [3.63, 3.8) is 0 Å². The van der Waals surface area contributed by atoms with Gasteiger partial charge in [0.15, 0.2) is 5.78 Å². The van der Waals surface area contributed by atoms with Crippen molar-refractivity contribution in [2.75, 3.05) is 0 Å². The molecule has 5 aromatic rings. The molecule has 40 heavy (non-hydrogen) atoms. The molecule has 3 aromatic carbocycles. The highest BCUT2D eigenvalue weighted by atomic mass is 16.2. The second-order valence-electron chi connectivity index (χ2n) is 10.7. The second-order valence-corrected chi connectivity index (χ2v) is 10.7. The van der Waals surface area contributed by atoms with Gasteiger partial charge in [-0.1, -0.05) is 75.4 Å². The first-order valence-corrected chi connectivity index (χ1v) is 12.8. The van der Waals surface area contributed by atoms with Crippen molar-refractivity contribution in [3.05, 3.63) is 132 Å².